The Kier molecular flexibility index (Phi) is 5.36. The van der Waals surface area contributed by atoms with Gasteiger partial charge in [0, 0.05) is 17.2 Å². The summed E-state index contributed by atoms with van der Waals surface area (Å²) in [6.07, 6.45) is 4.88. The molecule has 21 heavy (non-hydrogen) atoms. The molecular weight excluding hydrogens is 290 g/mol. The van der Waals surface area contributed by atoms with E-state index in [2.05, 4.69) is 15.6 Å². The number of carbonyl (C=O) groups is 1. The zero-order chi connectivity index (χ0) is 13.8. The number of anilines is 1. The maximum absolute atomic E-state index is 12.1. The van der Waals surface area contributed by atoms with E-state index in [0.29, 0.717) is 0 Å². The van der Waals surface area contributed by atoms with Crippen molar-refractivity contribution in [1.82, 2.24) is 10.3 Å². The molecule has 6 heteroatoms. The number of oxazole rings is 1. The molecule has 0 aliphatic carbocycles. The third kappa shape index (κ3) is 3.83. The zero-order valence-corrected chi connectivity index (χ0v) is 12.4. The maximum Gasteiger partial charge on any atom is 0.227 e. The fourth-order valence-corrected chi connectivity index (χ4v) is 2.40. The van der Waals surface area contributed by atoms with E-state index in [4.69, 9.17) is 4.42 Å². The van der Waals surface area contributed by atoms with Gasteiger partial charge < -0.3 is 15.1 Å². The van der Waals surface area contributed by atoms with Gasteiger partial charge in [0.15, 0.2) is 12.2 Å². The van der Waals surface area contributed by atoms with Gasteiger partial charge in [0.25, 0.3) is 0 Å². The lowest BCUT2D eigenvalue weighted by Crippen LogP contribution is -2.34. The summed E-state index contributed by atoms with van der Waals surface area (Å²) in [6.45, 7) is 1.84. The predicted molar refractivity (Wildman–Crippen MR) is 83.4 cm³/mol. The van der Waals surface area contributed by atoms with Crippen molar-refractivity contribution in [3.63, 3.8) is 0 Å². The molecule has 1 aliphatic rings. The lowest BCUT2D eigenvalue weighted by atomic mass is 9.97. The lowest BCUT2D eigenvalue weighted by molar-refractivity contribution is -0.120. The number of hydrogen-bond acceptors (Lipinski definition) is 4. The van der Waals surface area contributed by atoms with Crippen LogP contribution in [0.4, 0.5) is 5.69 Å². The van der Waals surface area contributed by atoms with Crippen LogP contribution >= 0.6 is 12.4 Å². The van der Waals surface area contributed by atoms with Crippen molar-refractivity contribution in [3.8, 4) is 11.3 Å². The first kappa shape index (κ1) is 15.5. The standard InChI is InChI=1S/C15H17N3O2.ClH/c19-15(12-5-7-16-8-6-12)18-13-3-1-11(2-4-13)14-9-17-10-20-14;/h1-4,9-10,12,16H,5-8H2,(H,18,19);1H. The Balaban J connectivity index is 0.00000161. The van der Waals surface area contributed by atoms with Crippen molar-refractivity contribution in [2.24, 2.45) is 5.92 Å². The average molecular weight is 308 g/mol. The molecule has 0 spiro atoms. The molecule has 2 N–H and O–H groups in total. The van der Waals surface area contributed by atoms with Gasteiger partial charge in [0.1, 0.15) is 0 Å². The molecule has 1 aliphatic heterocycles. The molecule has 0 bridgehead atoms. The highest BCUT2D eigenvalue weighted by Gasteiger charge is 2.20. The van der Waals surface area contributed by atoms with Crippen LogP contribution < -0.4 is 10.6 Å². The van der Waals surface area contributed by atoms with Crippen LogP contribution in [0.5, 0.6) is 0 Å². The number of benzene rings is 1. The summed E-state index contributed by atoms with van der Waals surface area (Å²) in [5.41, 5.74) is 1.76. The molecule has 0 saturated carbocycles. The van der Waals surface area contributed by atoms with Gasteiger partial charge in [-0.05, 0) is 50.2 Å². The fraction of sp³-hybridized carbons (Fsp3) is 0.333. The largest absolute Gasteiger partial charge is 0.444 e. The van der Waals surface area contributed by atoms with Crippen LogP contribution in [0.1, 0.15) is 12.8 Å². The van der Waals surface area contributed by atoms with Crippen LogP contribution in [0.15, 0.2) is 41.3 Å². The van der Waals surface area contributed by atoms with Gasteiger partial charge in [-0.15, -0.1) is 12.4 Å². The lowest BCUT2D eigenvalue weighted by Gasteiger charge is -2.21. The average Bonchev–Trinajstić information content (AvgIpc) is 3.03. The fourth-order valence-electron chi connectivity index (χ4n) is 2.40. The highest BCUT2D eigenvalue weighted by Crippen LogP contribution is 2.21. The molecule has 1 aromatic carbocycles. The Morgan fingerprint density at radius 2 is 1.95 bits per heavy atom. The molecule has 5 nitrogen and oxygen atoms in total. The van der Waals surface area contributed by atoms with E-state index in [1.165, 1.54) is 6.39 Å². The number of hydrogen-bond donors (Lipinski definition) is 2. The zero-order valence-electron chi connectivity index (χ0n) is 11.5. The molecule has 0 atom stereocenters. The third-order valence-corrected chi connectivity index (χ3v) is 3.58. The number of nitrogens with one attached hydrogen (secondary N) is 2. The Hall–Kier alpha value is -1.85. The Morgan fingerprint density at radius 3 is 2.57 bits per heavy atom. The summed E-state index contributed by atoms with van der Waals surface area (Å²) in [4.78, 5) is 16.0. The van der Waals surface area contributed by atoms with E-state index in [9.17, 15) is 4.79 Å². The van der Waals surface area contributed by atoms with Crippen LogP contribution in [0.25, 0.3) is 11.3 Å². The van der Waals surface area contributed by atoms with Crippen LogP contribution in [-0.2, 0) is 4.79 Å². The minimum atomic E-state index is 0. The predicted octanol–water partition coefficient (Wildman–Crippen LogP) is 2.70. The first-order chi connectivity index (χ1) is 9.83. The van der Waals surface area contributed by atoms with Gasteiger partial charge in [0.05, 0.1) is 6.20 Å². The minimum Gasteiger partial charge on any atom is -0.444 e. The van der Waals surface area contributed by atoms with Crippen molar-refractivity contribution in [2.75, 3.05) is 18.4 Å². The van der Waals surface area contributed by atoms with Crippen LogP contribution in [0, 0.1) is 5.92 Å². The number of nitrogens with zero attached hydrogens (tertiary/aromatic N) is 1. The number of rotatable bonds is 3. The molecule has 1 saturated heterocycles. The van der Waals surface area contributed by atoms with Crippen molar-refractivity contribution in [1.29, 1.82) is 0 Å². The normalized spacial score (nSPS) is 15.2. The number of aromatic nitrogens is 1. The molecule has 112 valence electrons. The van der Waals surface area contributed by atoms with E-state index in [1.807, 2.05) is 24.3 Å². The summed E-state index contributed by atoms with van der Waals surface area (Å²) in [5.74, 6) is 0.949. The molecule has 0 unspecified atom stereocenters. The topological polar surface area (TPSA) is 67.2 Å². The Bertz CT molecular complexity index is 563. The summed E-state index contributed by atoms with van der Waals surface area (Å²) < 4.78 is 5.23. The van der Waals surface area contributed by atoms with E-state index in [0.717, 1.165) is 42.9 Å². The highest BCUT2D eigenvalue weighted by molar-refractivity contribution is 5.92. The number of carbonyl (C=O) groups excluding carboxylic acids is 1. The summed E-state index contributed by atoms with van der Waals surface area (Å²) >= 11 is 0. The SMILES string of the molecule is Cl.O=C(Nc1ccc(-c2cnco2)cc1)C1CCNCC1. The minimum absolute atomic E-state index is 0. The van der Waals surface area contributed by atoms with Gasteiger partial charge in [-0.2, -0.15) is 0 Å². The van der Waals surface area contributed by atoms with Gasteiger partial charge in [-0.25, -0.2) is 4.98 Å². The van der Waals surface area contributed by atoms with Crippen molar-refractivity contribution < 1.29 is 9.21 Å². The van der Waals surface area contributed by atoms with Gasteiger partial charge in [-0.1, -0.05) is 0 Å². The maximum atomic E-state index is 12.1. The van der Waals surface area contributed by atoms with E-state index >= 15 is 0 Å². The van der Waals surface area contributed by atoms with Crippen molar-refractivity contribution >= 4 is 24.0 Å². The van der Waals surface area contributed by atoms with E-state index in [1.54, 1.807) is 6.20 Å². The first-order valence-electron chi connectivity index (χ1n) is 6.83. The van der Waals surface area contributed by atoms with Crippen LogP contribution in [0.3, 0.4) is 0 Å². The molecule has 2 heterocycles. The first-order valence-corrected chi connectivity index (χ1v) is 6.83. The second kappa shape index (κ2) is 7.24. The van der Waals surface area contributed by atoms with Gasteiger partial charge in [0.2, 0.25) is 5.91 Å². The number of halogens is 1. The van der Waals surface area contributed by atoms with Crippen LogP contribution in [0.2, 0.25) is 0 Å². The highest BCUT2D eigenvalue weighted by atomic mass is 35.5. The van der Waals surface area contributed by atoms with Crippen molar-refractivity contribution in [2.45, 2.75) is 12.8 Å². The Labute approximate surface area is 129 Å². The van der Waals surface area contributed by atoms with E-state index < -0.39 is 0 Å². The van der Waals surface area contributed by atoms with Gasteiger partial charge >= 0.3 is 0 Å². The number of amides is 1. The number of piperidine rings is 1. The molecule has 1 fully saturated rings. The second-order valence-electron chi connectivity index (χ2n) is 4.96. The molecule has 2 aromatic rings. The Morgan fingerprint density at radius 1 is 1.24 bits per heavy atom. The third-order valence-electron chi connectivity index (χ3n) is 3.58. The molecular formula is C15H18ClN3O2. The molecule has 0 radical (unpaired) electrons. The quantitative estimate of drug-likeness (QED) is 0.915. The van der Waals surface area contributed by atoms with E-state index in [-0.39, 0.29) is 24.2 Å². The second-order valence-corrected chi connectivity index (χ2v) is 4.96. The summed E-state index contributed by atoms with van der Waals surface area (Å²) in [6, 6.07) is 7.60. The molecule has 1 aromatic heterocycles. The van der Waals surface area contributed by atoms with Crippen molar-refractivity contribution in [3.05, 3.63) is 36.9 Å². The summed E-state index contributed by atoms with van der Waals surface area (Å²) in [7, 11) is 0. The van der Waals surface area contributed by atoms with Gasteiger partial charge in [-0.3, -0.25) is 4.79 Å². The monoisotopic (exact) mass is 307 g/mol. The smallest absolute Gasteiger partial charge is 0.227 e. The summed E-state index contributed by atoms with van der Waals surface area (Å²) in [5, 5.41) is 6.23. The molecule has 1 amide bonds. The van der Waals surface area contributed by atoms with Crippen LogP contribution in [-0.4, -0.2) is 24.0 Å². The molecule has 3 rings (SSSR count).